The molecule has 0 aliphatic carbocycles. The zero-order valence-corrected chi connectivity index (χ0v) is 15.8. The number of ether oxygens (including phenoxy) is 1. The third kappa shape index (κ3) is 4.69. The molecule has 0 saturated carbocycles. The number of hydrogen-bond acceptors (Lipinski definition) is 4. The summed E-state index contributed by atoms with van der Waals surface area (Å²) in [6, 6.07) is 8.73. The van der Waals surface area contributed by atoms with Gasteiger partial charge in [-0.3, -0.25) is 10.00 Å². The van der Waals surface area contributed by atoms with Gasteiger partial charge in [-0.05, 0) is 38.8 Å². The van der Waals surface area contributed by atoms with E-state index >= 15 is 0 Å². The Balaban J connectivity index is 1.61. The molecule has 2 atom stereocenters. The Labute approximate surface area is 150 Å². The van der Waals surface area contributed by atoms with E-state index in [0.717, 1.165) is 44.1 Å². The van der Waals surface area contributed by atoms with Gasteiger partial charge in [-0.1, -0.05) is 24.3 Å². The van der Waals surface area contributed by atoms with Gasteiger partial charge in [0.25, 0.3) is 0 Å². The predicted octanol–water partition coefficient (Wildman–Crippen LogP) is 2.93. The molecule has 2 aromatic rings. The summed E-state index contributed by atoms with van der Waals surface area (Å²) in [5.41, 5.74) is 6.27. The lowest BCUT2D eigenvalue weighted by molar-refractivity contribution is -0.0705. The number of morpholine rings is 1. The topological polar surface area (TPSA) is 53.2 Å². The third-order valence-corrected chi connectivity index (χ3v) is 4.91. The Morgan fingerprint density at radius 2 is 1.80 bits per heavy atom. The van der Waals surface area contributed by atoms with Gasteiger partial charge in [0.2, 0.25) is 0 Å². The van der Waals surface area contributed by atoms with Gasteiger partial charge in [0.1, 0.15) is 0 Å². The van der Waals surface area contributed by atoms with Crippen molar-refractivity contribution in [2.45, 2.75) is 59.5 Å². The van der Waals surface area contributed by atoms with E-state index in [4.69, 9.17) is 4.74 Å². The van der Waals surface area contributed by atoms with Crippen LogP contribution in [0.2, 0.25) is 0 Å². The summed E-state index contributed by atoms with van der Waals surface area (Å²) in [5, 5.41) is 10.9. The van der Waals surface area contributed by atoms with Gasteiger partial charge >= 0.3 is 0 Å². The van der Waals surface area contributed by atoms with Crippen LogP contribution >= 0.6 is 0 Å². The highest BCUT2D eigenvalue weighted by atomic mass is 16.5. The number of hydrogen-bond donors (Lipinski definition) is 2. The summed E-state index contributed by atoms with van der Waals surface area (Å²) in [7, 11) is 0. The number of H-pyrrole nitrogens is 1. The van der Waals surface area contributed by atoms with E-state index in [-0.39, 0.29) is 0 Å². The third-order valence-electron chi connectivity index (χ3n) is 4.91. The van der Waals surface area contributed by atoms with Gasteiger partial charge in [-0.2, -0.15) is 5.10 Å². The van der Waals surface area contributed by atoms with Crippen LogP contribution in [0.1, 0.15) is 41.9 Å². The summed E-state index contributed by atoms with van der Waals surface area (Å²) in [6.07, 6.45) is 0.613. The van der Waals surface area contributed by atoms with Gasteiger partial charge in [0.05, 0.1) is 17.9 Å². The highest BCUT2D eigenvalue weighted by molar-refractivity contribution is 5.28. The van der Waals surface area contributed by atoms with Crippen LogP contribution in [-0.2, 0) is 24.4 Å². The van der Waals surface area contributed by atoms with Crippen molar-refractivity contribution in [1.82, 2.24) is 20.4 Å². The molecule has 1 aliphatic heterocycles. The van der Waals surface area contributed by atoms with Crippen LogP contribution in [-0.4, -0.2) is 40.4 Å². The van der Waals surface area contributed by atoms with E-state index in [1.165, 1.54) is 16.7 Å². The average molecular weight is 342 g/mol. The highest BCUT2D eigenvalue weighted by Crippen LogP contribution is 2.17. The standard InChI is InChI=1S/C20H30N4O/c1-14-11-24(12-15(2)25-14)13-19-8-6-5-7-18(19)9-21-10-20-16(3)22-23-17(20)4/h5-8,14-15,21H,9-13H2,1-4H3,(H,22,23)/t14-,15-/m1/s1. The second kappa shape index (κ2) is 8.13. The lowest BCUT2D eigenvalue weighted by atomic mass is 10.1. The summed E-state index contributed by atoms with van der Waals surface area (Å²) < 4.78 is 5.85. The van der Waals surface area contributed by atoms with E-state index in [9.17, 15) is 0 Å². The second-order valence-corrected chi connectivity index (χ2v) is 7.24. The van der Waals surface area contributed by atoms with Crippen molar-refractivity contribution in [3.05, 3.63) is 52.3 Å². The SMILES string of the molecule is Cc1n[nH]c(C)c1CNCc1ccccc1CN1C[C@@H](C)O[C@H](C)C1. The Bertz CT molecular complexity index is 667. The Morgan fingerprint density at radius 1 is 1.12 bits per heavy atom. The van der Waals surface area contributed by atoms with Crippen LogP contribution in [0, 0.1) is 13.8 Å². The first-order valence-electron chi connectivity index (χ1n) is 9.18. The van der Waals surface area contributed by atoms with Crippen LogP contribution < -0.4 is 5.32 Å². The fourth-order valence-electron chi connectivity index (χ4n) is 3.70. The number of aryl methyl sites for hydroxylation is 2. The van der Waals surface area contributed by atoms with Crippen molar-refractivity contribution in [2.75, 3.05) is 13.1 Å². The average Bonchev–Trinajstić information content (AvgIpc) is 2.87. The zero-order valence-electron chi connectivity index (χ0n) is 15.8. The first-order valence-corrected chi connectivity index (χ1v) is 9.18. The minimum absolute atomic E-state index is 0.307. The number of benzene rings is 1. The maximum absolute atomic E-state index is 5.85. The number of rotatable bonds is 6. The van der Waals surface area contributed by atoms with Gasteiger partial charge in [0, 0.05) is 44.0 Å². The minimum Gasteiger partial charge on any atom is -0.373 e. The number of nitrogens with one attached hydrogen (secondary N) is 2. The first kappa shape index (κ1) is 18.1. The predicted molar refractivity (Wildman–Crippen MR) is 100 cm³/mol. The van der Waals surface area contributed by atoms with Gasteiger partial charge < -0.3 is 10.1 Å². The molecule has 2 heterocycles. The smallest absolute Gasteiger partial charge is 0.0678 e. The van der Waals surface area contributed by atoms with Crippen LogP contribution in [0.15, 0.2) is 24.3 Å². The second-order valence-electron chi connectivity index (χ2n) is 7.24. The molecule has 25 heavy (non-hydrogen) atoms. The monoisotopic (exact) mass is 342 g/mol. The molecular formula is C20H30N4O. The maximum Gasteiger partial charge on any atom is 0.0678 e. The van der Waals surface area contributed by atoms with Crippen molar-refractivity contribution >= 4 is 0 Å². The molecule has 0 unspecified atom stereocenters. The molecule has 1 fully saturated rings. The molecule has 136 valence electrons. The number of aromatic nitrogens is 2. The van der Waals surface area contributed by atoms with Gasteiger partial charge in [-0.25, -0.2) is 0 Å². The van der Waals surface area contributed by atoms with Crippen molar-refractivity contribution in [3.63, 3.8) is 0 Å². The lowest BCUT2D eigenvalue weighted by Crippen LogP contribution is -2.45. The normalized spacial score (nSPS) is 21.6. The van der Waals surface area contributed by atoms with Gasteiger partial charge in [-0.15, -0.1) is 0 Å². The molecule has 1 aromatic heterocycles. The quantitative estimate of drug-likeness (QED) is 0.847. The molecule has 0 radical (unpaired) electrons. The van der Waals surface area contributed by atoms with E-state index in [1.54, 1.807) is 0 Å². The maximum atomic E-state index is 5.85. The van der Waals surface area contributed by atoms with E-state index in [2.05, 4.69) is 72.4 Å². The molecular weight excluding hydrogens is 312 g/mol. The summed E-state index contributed by atoms with van der Waals surface area (Å²) in [6.45, 7) is 13.1. The summed E-state index contributed by atoms with van der Waals surface area (Å²) >= 11 is 0. The molecule has 5 heteroatoms. The fraction of sp³-hybridized carbons (Fsp3) is 0.550. The van der Waals surface area contributed by atoms with Crippen LogP contribution in [0.3, 0.4) is 0 Å². The van der Waals surface area contributed by atoms with Crippen molar-refractivity contribution < 1.29 is 4.74 Å². The van der Waals surface area contributed by atoms with Crippen molar-refractivity contribution in [2.24, 2.45) is 0 Å². The van der Waals surface area contributed by atoms with Crippen LogP contribution in [0.25, 0.3) is 0 Å². The summed E-state index contributed by atoms with van der Waals surface area (Å²) in [4.78, 5) is 2.50. The molecule has 0 spiro atoms. The fourth-order valence-corrected chi connectivity index (χ4v) is 3.70. The molecule has 3 rings (SSSR count). The Kier molecular flexibility index (Phi) is 5.89. The van der Waals surface area contributed by atoms with Gasteiger partial charge in [0.15, 0.2) is 0 Å². The molecule has 0 amide bonds. The van der Waals surface area contributed by atoms with E-state index < -0.39 is 0 Å². The van der Waals surface area contributed by atoms with Crippen molar-refractivity contribution in [1.29, 1.82) is 0 Å². The molecule has 0 bridgehead atoms. The highest BCUT2D eigenvalue weighted by Gasteiger charge is 2.22. The first-order chi connectivity index (χ1) is 12.0. The largest absolute Gasteiger partial charge is 0.373 e. The Hall–Kier alpha value is -1.69. The summed E-state index contributed by atoms with van der Waals surface area (Å²) in [5.74, 6) is 0. The zero-order chi connectivity index (χ0) is 17.8. The number of nitrogens with zero attached hydrogens (tertiary/aromatic N) is 2. The molecule has 5 nitrogen and oxygen atoms in total. The lowest BCUT2D eigenvalue weighted by Gasteiger charge is -2.35. The number of aromatic amines is 1. The van der Waals surface area contributed by atoms with Crippen molar-refractivity contribution in [3.8, 4) is 0 Å². The van der Waals surface area contributed by atoms with Crippen LogP contribution in [0.5, 0.6) is 0 Å². The van der Waals surface area contributed by atoms with E-state index in [0.29, 0.717) is 12.2 Å². The molecule has 1 aromatic carbocycles. The Morgan fingerprint density at radius 3 is 2.44 bits per heavy atom. The molecule has 2 N–H and O–H groups in total. The molecule has 1 saturated heterocycles. The van der Waals surface area contributed by atoms with E-state index in [1.807, 2.05) is 0 Å². The molecule has 1 aliphatic rings. The minimum atomic E-state index is 0.307. The van der Waals surface area contributed by atoms with Crippen LogP contribution in [0.4, 0.5) is 0 Å².